The SMILES string of the molecule is O=C(Nc1cc(F)cc(F)c1)C(=O)NC(Cc1ccccc1)C1CC1. The van der Waals surface area contributed by atoms with Crippen molar-refractivity contribution in [1.82, 2.24) is 5.32 Å². The van der Waals surface area contributed by atoms with Crippen LogP contribution in [0.5, 0.6) is 0 Å². The average Bonchev–Trinajstić information content (AvgIpc) is 3.39. The van der Waals surface area contributed by atoms with Gasteiger partial charge in [-0.15, -0.1) is 0 Å². The molecule has 130 valence electrons. The standard InChI is InChI=1S/C19H18F2N2O2/c20-14-9-15(21)11-16(10-14)22-18(24)19(25)23-17(13-6-7-13)8-12-4-2-1-3-5-12/h1-5,9-11,13,17H,6-8H2,(H,22,24)(H,23,25). The fraction of sp³-hybridized carbons (Fsp3) is 0.263. The topological polar surface area (TPSA) is 58.2 Å². The second-order valence-electron chi connectivity index (χ2n) is 6.22. The number of amides is 2. The molecule has 0 heterocycles. The molecule has 6 heteroatoms. The van der Waals surface area contributed by atoms with Crippen LogP contribution in [0.1, 0.15) is 18.4 Å². The maximum absolute atomic E-state index is 13.2. The van der Waals surface area contributed by atoms with E-state index in [0.29, 0.717) is 18.4 Å². The number of hydrogen-bond donors (Lipinski definition) is 2. The van der Waals surface area contributed by atoms with Gasteiger partial charge in [-0.25, -0.2) is 8.78 Å². The lowest BCUT2D eigenvalue weighted by Crippen LogP contribution is -2.44. The van der Waals surface area contributed by atoms with Crippen LogP contribution in [0.3, 0.4) is 0 Å². The van der Waals surface area contributed by atoms with Gasteiger partial charge in [0.25, 0.3) is 0 Å². The fourth-order valence-electron chi connectivity index (χ4n) is 2.75. The lowest BCUT2D eigenvalue weighted by atomic mass is 10.0. The Bertz CT molecular complexity index is 756. The number of carbonyl (C=O) groups is 2. The summed E-state index contributed by atoms with van der Waals surface area (Å²) >= 11 is 0. The highest BCUT2D eigenvalue weighted by atomic mass is 19.1. The molecule has 1 unspecified atom stereocenters. The van der Waals surface area contributed by atoms with E-state index < -0.39 is 23.4 Å². The van der Waals surface area contributed by atoms with Crippen molar-refractivity contribution >= 4 is 17.5 Å². The van der Waals surface area contributed by atoms with Gasteiger partial charge in [0.05, 0.1) is 0 Å². The molecule has 2 N–H and O–H groups in total. The van der Waals surface area contributed by atoms with Crippen LogP contribution in [0.2, 0.25) is 0 Å². The summed E-state index contributed by atoms with van der Waals surface area (Å²) in [6, 6.07) is 12.2. The molecule has 1 saturated carbocycles. The van der Waals surface area contributed by atoms with Crippen molar-refractivity contribution in [1.29, 1.82) is 0 Å². The van der Waals surface area contributed by atoms with E-state index in [4.69, 9.17) is 0 Å². The van der Waals surface area contributed by atoms with Crippen LogP contribution in [0.4, 0.5) is 14.5 Å². The van der Waals surface area contributed by atoms with Gasteiger partial charge < -0.3 is 10.6 Å². The summed E-state index contributed by atoms with van der Waals surface area (Å²) in [5, 5.41) is 4.96. The van der Waals surface area contributed by atoms with Gasteiger partial charge in [-0.1, -0.05) is 30.3 Å². The summed E-state index contributed by atoms with van der Waals surface area (Å²) in [6.07, 6.45) is 2.65. The summed E-state index contributed by atoms with van der Waals surface area (Å²) in [7, 11) is 0. The molecule has 0 aliphatic heterocycles. The van der Waals surface area contributed by atoms with Crippen molar-refractivity contribution in [3.63, 3.8) is 0 Å². The van der Waals surface area contributed by atoms with Crippen LogP contribution in [0.15, 0.2) is 48.5 Å². The van der Waals surface area contributed by atoms with E-state index in [9.17, 15) is 18.4 Å². The summed E-state index contributed by atoms with van der Waals surface area (Å²) in [4.78, 5) is 24.1. The third-order valence-corrected chi connectivity index (χ3v) is 4.13. The number of benzene rings is 2. The first-order chi connectivity index (χ1) is 12.0. The lowest BCUT2D eigenvalue weighted by Gasteiger charge is -2.18. The molecule has 0 spiro atoms. The van der Waals surface area contributed by atoms with Gasteiger partial charge in [-0.2, -0.15) is 0 Å². The summed E-state index contributed by atoms with van der Waals surface area (Å²) < 4.78 is 26.3. The Labute approximate surface area is 144 Å². The smallest absolute Gasteiger partial charge is 0.313 e. The Kier molecular flexibility index (Phi) is 5.07. The monoisotopic (exact) mass is 344 g/mol. The van der Waals surface area contributed by atoms with Crippen molar-refractivity contribution in [3.05, 3.63) is 65.7 Å². The van der Waals surface area contributed by atoms with Gasteiger partial charge >= 0.3 is 11.8 Å². The Morgan fingerprint density at radius 3 is 2.24 bits per heavy atom. The zero-order valence-corrected chi connectivity index (χ0v) is 13.5. The van der Waals surface area contributed by atoms with Gasteiger partial charge in [-0.3, -0.25) is 9.59 Å². The first-order valence-electron chi connectivity index (χ1n) is 8.13. The minimum absolute atomic E-state index is 0.0938. The van der Waals surface area contributed by atoms with Crippen LogP contribution >= 0.6 is 0 Å². The molecule has 1 atom stereocenters. The quantitative estimate of drug-likeness (QED) is 0.819. The molecule has 1 aliphatic rings. The molecule has 4 nitrogen and oxygen atoms in total. The van der Waals surface area contributed by atoms with Crippen molar-refractivity contribution in [2.75, 3.05) is 5.32 Å². The van der Waals surface area contributed by atoms with E-state index in [1.54, 1.807) is 0 Å². The molecular weight excluding hydrogens is 326 g/mol. The molecule has 1 fully saturated rings. The van der Waals surface area contributed by atoms with Crippen LogP contribution in [-0.4, -0.2) is 17.9 Å². The molecular formula is C19H18F2N2O2. The molecule has 0 radical (unpaired) electrons. The van der Waals surface area contributed by atoms with Crippen molar-refractivity contribution < 1.29 is 18.4 Å². The highest BCUT2D eigenvalue weighted by Gasteiger charge is 2.33. The highest BCUT2D eigenvalue weighted by Crippen LogP contribution is 2.34. The third-order valence-electron chi connectivity index (χ3n) is 4.13. The van der Waals surface area contributed by atoms with Gasteiger partial charge in [0.15, 0.2) is 0 Å². The Hall–Kier alpha value is -2.76. The maximum atomic E-state index is 13.2. The average molecular weight is 344 g/mol. The van der Waals surface area contributed by atoms with Crippen molar-refractivity contribution in [2.45, 2.75) is 25.3 Å². The predicted molar refractivity (Wildman–Crippen MR) is 89.8 cm³/mol. The zero-order chi connectivity index (χ0) is 17.8. The molecule has 25 heavy (non-hydrogen) atoms. The normalized spacial score (nSPS) is 14.6. The first-order valence-corrected chi connectivity index (χ1v) is 8.13. The van der Waals surface area contributed by atoms with Crippen LogP contribution in [0.25, 0.3) is 0 Å². The van der Waals surface area contributed by atoms with Crippen LogP contribution in [-0.2, 0) is 16.0 Å². The molecule has 0 bridgehead atoms. The molecule has 2 amide bonds. The fourth-order valence-corrected chi connectivity index (χ4v) is 2.75. The lowest BCUT2D eigenvalue weighted by molar-refractivity contribution is -0.136. The van der Waals surface area contributed by atoms with E-state index in [2.05, 4.69) is 10.6 Å². The Balaban J connectivity index is 1.61. The number of carbonyl (C=O) groups excluding carboxylic acids is 2. The summed E-state index contributed by atoms with van der Waals surface area (Å²) in [5.74, 6) is -3.05. The highest BCUT2D eigenvalue weighted by molar-refractivity contribution is 6.39. The van der Waals surface area contributed by atoms with E-state index >= 15 is 0 Å². The van der Waals surface area contributed by atoms with Gasteiger partial charge in [0.1, 0.15) is 11.6 Å². The van der Waals surface area contributed by atoms with Crippen LogP contribution < -0.4 is 10.6 Å². The molecule has 3 rings (SSSR count). The minimum atomic E-state index is -0.941. The Morgan fingerprint density at radius 2 is 1.64 bits per heavy atom. The van der Waals surface area contributed by atoms with Crippen LogP contribution in [0, 0.1) is 17.6 Å². The van der Waals surface area contributed by atoms with E-state index in [1.165, 1.54) is 0 Å². The first kappa shape index (κ1) is 17.1. The number of rotatable bonds is 5. The molecule has 0 saturated heterocycles. The van der Waals surface area contributed by atoms with Gasteiger partial charge in [0, 0.05) is 17.8 Å². The van der Waals surface area contributed by atoms with Crippen molar-refractivity contribution in [2.24, 2.45) is 5.92 Å². The van der Waals surface area contributed by atoms with E-state index in [0.717, 1.165) is 30.5 Å². The second kappa shape index (κ2) is 7.42. The zero-order valence-electron chi connectivity index (χ0n) is 13.5. The number of halogens is 2. The van der Waals surface area contributed by atoms with E-state index in [-0.39, 0.29) is 11.7 Å². The van der Waals surface area contributed by atoms with Gasteiger partial charge in [-0.05, 0) is 42.9 Å². The molecule has 2 aromatic rings. The third kappa shape index (κ3) is 4.86. The summed E-state index contributed by atoms with van der Waals surface area (Å²) in [5.41, 5.74) is 0.982. The van der Waals surface area contributed by atoms with Crippen molar-refractivity contribution in [3.8, 4) is 0 Å². The molecule has 2 aromatic carbocycles. The number of hydrogen-bond acceptors (Lipinski definition) is 2. The number of anilines is 1. The molecule has 0 aromatic heterocycles. The molecule has 1 aliphatic carbocycles. The summed E-state index contributed by atoms with van der Waals surface area (Å²) in [6.45, 7) is 0. The van der Waals surface area contributed by atoms with Gasteiger partial charge in [0.2, 0.25) is 0 Å². The number of nitrogens with one attached hydrogen (secondary N) is 2. The second-order valence-corrected chi connectivity index (χ2v) is 6.22. The minimum Gasteiger partial charge on any atom is -0.344 e. The Morgan fingerprint density at radius 1 is 1.00 bits per heavy atom. The largest absolute Gasteiger partial charge is 0.344 e. The maximum Gasteiger partial charge on any atom is 0.313 e. The van der Waals surface area contributed by atoms with E-state index in [1.807, 2.05) is 30.3 Å². The predicted octanol–water partition coefficient (Wildman–Crippen LogP) is 3.04.